The molecule has 0 saturated heterocycles. The highest BCUT2D eigenvalue weighted by Gasteiger charge is 2.16. The van der Waals surface area contributed by atoms with Crippen LogP contribution in [0.2, 0.25) is 0 Å². The number of nitrogens with two attached hydrogens (primary N) is 1. The molecule has 2 N–H and O–H groups in total. The van der Waals surface area contributed by atoms with Gasteiger partial charge in [0.1, 0.15) is 6.04 Å². The van der Waals surface area contributed by atoms with Crippen LogP contribution in [0, 0.1) is 5.92 Å². The van der Waals surface area contributed by atoms with Gasteiger partial charge >= 0.3 is 5.97 Å². The Morgan fingerprint density at radius 3 is 2.58 bits per heavy atom. The number of hydrogen-bond acceptors (Lipinski definition) is 3. The van der Waals surface area contributed by atoms with Crippen molar-refractivity contribution < 1.29 is 9.53 Å². The lowest BCUT2D eigenvalue weighted by Crippen LogP contribution is -2.33. The summed E-state index contributed by atoms with van der Waals surface area (Å²) < 4.78 is 4.53. The van der Waals surface area contributed by atoms with Crippen LogP contribution in [0.25, 0.3) is 0 Å². The molecule has 0 rings (SSSR count). The van der Waals surface area contributed by atoms with Crippen molar-refractivity contribution in [1.29, 1.82) is 0 Å². The van der Waals surface area contributed by atoms with E-state index in [4.69, 9.17) is 5.73 Å². The van der Waals surface area contributed by atoms with Gasteiger partial charge in [-0.3, -0.25) is 4.79 Å². The maximum atomic E-state index is 10.9. The molecule has 3 heteroatoms. The van der Waals surface area contributed by atoms with Crippen LogP contribution in [0.1, 0.15) is 33.1 Å². The Morgan fingerprint density at radius 2 is 2.17 bits per heavy atom. The molecule has 12 heavy (non-hydrogen) atoms. The van der Waals surface area contributed by atoms with E-state index in [-0.39, 0.29) is 5.97 Å². The molecule has 0 aromatic rings. The average molecular weight is 173 g/mol. The second kappa shape index (κ2) is 6.00. The van der Waals surface area contributed by atoms with E-state index < -0.39 is 6.04 Å². The van der Waals surface area contributed by atoms with Gasteiger partial charge in [0.25, 0.3) is 0 Å². The van der Waals surface area contributed by atoms with Crippen LogP contribution in [0.5, 0.6) is 0 Å². The number of esters is 1. The van der Waals surface area contributed by atoms with E-state index in [0.29, 0.717) is 5.92 Å². The molecule has 2 unspecified atom stereocenters. The number of methoxy groups -OCH3 is 1. The van der Waals surface area contributed by atoms with Gasteiger partial charge in [0.05, 0.1) is 7.11 Å². The second-order valence-corrected chi connectivity index (χ2v) is 3.26. The summed E-state index contributed by atoms with van der Waals surface area (Å²) in [4.78, 5) is 10.9. The molecule has 0 aliphatic rings. The monoisotopic (exact) mass is 173 g/mol. The Hall–Kier alpha value is -0.570. The molecular formula is C9H19NO2. The van der Waals surface area contributed by atoms with Crippen molar-refractivity contribution >= 4 is 5.97 Å². The van der Waals surface area contributed by atoms with Crippen molar-refractivity contribution in [3.8, 4) is 0 Å². The van der Waals surface area contributed by atoms with Gasteiger partial charge in [-0.15, -0.1) is 0 Å². The number of carbonyl (C=O) groups is 1. The third-order valence-electron chi connectivity index (χ3n) is 1.94. The zero-order valence-electron chi connectivity index (χ0n) is 8.17. The minimum absolute atomic E-state index is 0.307. The van der Waals surface area contributed by atoms with Gasteiger partial charge in [-0.25, -0.2) is 0 Å². The van der Waals surface area contributed by atoms with Crippen molar-refractivity contribution in [2.24, 2.45) is 11.7 Å². The van der Waals surface area contributed by atoms with Crippen molar-refractivity contribution in [1.82, 2.24) is 0 Å². The smallest absolute Gasteiger partial charge is 0.322 e. The van der Waals surface area contributed by atoms with Gasteiger partial charge < -0.3 is 10.5 Å². The molecule has 0 aliphatic heterocycles. The van der Waals surface area contributed by atoms with Crippen molar-refractivity contribution in [3.63, 3.8) is 0 Å². The molecule has 0 heterocycles. The van der Waals surface area contributed by atoms with E-state index in [1.807, 2.05) is 0 Å². The molecule has 0 radical (unpaired) electrons. The van der Waals surface area contributed by atoms with E-state index in [1.165, 1.54) is 7.11 Å². The molecule has 72 valence electrons. The number of carbonyl (C=O) groups excluding carboxylic acids is 1. The van der Waals surface area contributed by atoms with Gasteiger partial charge in [0.2, 0.25) is 0 Å². The summed E-state index contributed by atoms with van der Waals surface area (Å²) in [5.74, 6) is 0.196. The maximum absolute atomic E-state index is 10.9. The van der Waals surface area contributed by atoms with Crippen LogP contribution in [0.15, 0.2) is 0 Å². The lowest BCUT2D eigenvalue weighted by atomic mass is 9.98. The van der Waals surface area contributed by atoms with Gasteiger partial charge in [-0.05, 0) is 12.3 Å². The zero-order valence-corrected chi connectivity index (χ0v) is 8.17. The van der Waals surface area contributed by atoms with Crippen LogP contribution in [0.3, 0.4) is 0 Å². The predicted octanol–water partition coefficient (Wildman–Crippen LogP) is 1.31. The summed E-state index contributed by atoms with van der Waals surface area (Å²) in [6, 6.07) is -0.448. The highest BCUT2D eigenvalue weighted by atomic mass is 16.5. The molecule has 0 fully saturated rings. The predicted molar refractivity (Wildman–Crippen MR) is 48.7 cm³/mol. The van der Waals surface area contributed by atoms with E-state index in [1.54, 1.807) is 0 Å². The fraction of sp³-hybridized carbons (Fsp3) is 0.889. The Kier molecular flexibility index (Phi) is 5.72. The van der Waals surface area contributed by atoms with Gasteiger partial charge in [0.15, 0.2) is 0 Å². The minimum Gasteiger partial charge on any atom is -0.468 e. The first-order valence-electron chi connectivity index (χ1n) is 4.45. The highest BCUT2D eigenvalue weighted by molar-refractivity contribution is 5.75. The first-order chi connectivity index (χ1) is 5.61. The molecule has 0 amide bonds. The summed E-state index contributed by atoms with van der Waals surface area (Å²) in [6.45, 7) is 4.23. The average Bonchev–Trinajstić information content (AvgIpc) is 2.03. The maximum Gasteiger partial charge on any atom is 0.322 e. The van der Waals surface area contributed by atoms with E-state index >= 15 is 0 Å². The molecule has 0 aromatic heterocycles. The summed E-state index contributed by atoms with van der Waals surface area (Å²) in [5, 5.41) is 0. The van der Waals surface area contributed by atoms with Crippen molar-refractivity contribution in [2.75, 3.05) is 7.11 Å². The molecule has 0 saturated carbocycles. The number of hydrogen-bond donors (Lipinski definition) is 1. The van der Waals surface area contributed by atoms with Gasteiger partial charge in [-0.1, -0.05) is 26.7 Å². The van der Waals surface area contributed by atoms with E-state index in [2.05, 4.69) is 18.6 Å². The Balaban J connectivity index is 3.67. The number of ether oxygens (including phenoxy) is 1. The molecule has 0 bridgehead atoms. The third-order valence-corrected chi connectivity index (χ3v) is 1.94. The summed E-state index contributed by atoms with van der Waals surface area (Å²) in [5.41, 5.74) is 5.58. The second-order valence-electron chi connectivity index (χ2n) is 3.26. The lowest BCUT2D eigenvalue weighted by molar-refractivity contribution is -0.142. The highest BCUT2D eigenvalue weighted by Crippen LogP contribution is 2.11. The van der Waals surface area contributed by atoms with Crippen molar-refractivity contribution in [2.45, 2.75) is 39.2 Å². The van der Waals surface area contributed by atoms with E-state index in [0.717, 1.165) is 19.3 Å². The Morgan fingerprint density at radius 1 is 1.58 bits per heavy atom. The molecular weight excluding hydrogens is 154 g/mol. The first-order valence-corrected chi connectivity index (χ1v) is 4.45. The molecule has 3 nitrogen and oxygen atoms in total. The minimum atomic E-state index is -0.448. The lowest BCUT2D eigenvalue weighted by Gasteiger charge is -2.14. The van der Waals surface area contributed by atoms with Crippen LogP contribution >= 0.6 is 0 Å². The Labute approximate surface area is 74.3 Å². The summed E-state index contributed by atoms with van der Waals surface area (Å²) in [7, 11) is 1.37. The van der Waals surface area contributed by atoms with Crippen molar-refractivity contribution in [3.05, 3.63) is 0 Å². The van der Waals surface area contributed by atoms with Gasteiger partial charge in [-0.2, -0.15) is 0 Å². The first kappa shape index (κ1) is 11.4. The van der Waals surface area contributed by atoms with Gasteiger partial charge in [0, 0.05) is 0 Å². The fourth-order valence-electron chi connectivity index (χ4n) is 1.29. The third kappa shape index (κ3) is 4.34. The van der Waals surface area contributed by atoms with Crippen LogP contribution < -0.4 is 5.73 Å². The fourth-order valence-corrected chi connectivity index (χ4v) is 1.29. The SMILES string of the molecule is CCCC(C)CC(N)C(=O)OC. The number of rotatable bonds is 5. The molecule has 0 spiro atoms. The summed E-state index contributed by atoms with van der Waals surface area (Å²) >= 11 is 0. The standard InChI is InChI=1S/C9H19NO2/c1-4-5-7(2)6-8(10)9(11)12-3/h7-8H,4-6,10H2,1-3H3. The van der Waals surface area contributed by atoms with Crippen LogP contribution in [-0.2, 0) is 9.53 Å². The zero-order chi connectivity index (χ0) is 9.56. The largest absolute Gasteiger partial charge is 0.468 e. The van der Waals surface area contributed by atoms with Crippen LogP contribution in [-0.4, -0.2) is 19.1 Å². The Bertz CT molecular complexity index is 136. The van der Waals surface area contributed by atoms with Crippen LogP contribution in [0.4, 0.5) is 0 Å². The summed E-state index contributed by atoms with van der Waals surface area (Å²) in [6.07, 6.45) is 2.97. The normalized spacial score (nSPS) is 15.3. The quantitative estimate of drug-likeness (QED) is 0.638. The molecule has 0 aromatic carbocycles. The topological polar surface area (TPSA) is 52.3 Å². The van der Waals surface area contributed by atoms with E-state index in [9.17, 15) is 4.79 Å². The molecule has 2 atom stereocenters. The molecule has 0 aliphatic carbocycles.